The van der Waals surface area contributed by atoms with Crippen LogP contribution >= 0.6 is 0 Å². The third-order valence-electron chi connectivity index (χ3n) is 9.13. The van der Waals surface area contributed by atoms with Gasteiger partial charge in [-0.1, -0.05) is 13.8 Å². The van der Waals surface area contributed by atoms with Crippen molar-refractivity contribution in [1.29, 1.82) is 0 Å². The number of Topliss-reactive ketones (excluding diaryl/α,β-unsaturated/α-hetero) is 3. The highest BCUT2D eigenvalue weighted by molar-refractivity contribution is 5.91. The molecule has 0 aromatic rings. The van der Waals surface area contributed by atoms with Crippen LogP contribution in [0.5, 0.6) is 0 Å². The highest BCUT2D eigenvalue weighted by Gasteiger charge is 2.77. The van der Waals surface area contributed by atoms with Gasteiger partial charge in [-0.05, 0) is 56.3 Å². The molecule has 4 aliphatic carbocycles. The molecular formula is C21H28O4. The number of carbonyl (C=O) groups is 3. The van der Waals surface area contributed by atoms with Gasteiger partial charge in [0, 0.05) is 30.1 Å². The van der Waals surface area contributed by atoms with E-state index >= 15 is 0 Å². The molecule has 136 valence electrons. The van der Waals surface area contributed by atoms with E-state index in [0.29, 0.717) is 30.5 Å². The largest absolute Gasteiger partial charge is 0.357 e. The number of carbonyl (C=O) groups excluding carboxylic acids is 3. The number of ether oxygens (including phenoxy) is 1. The van der Waals surface area contributed by atoms with Gasteiger partial charge in [0.05, 0.1) is 0 Å². The van der Waals surface area contributed by atoms with Gasteiger partial charge in [-0.15, -0.1) is 0 Å². The SMILES string of the molecule is CC(=O)[C@H]1CC[C@H]2[C@@H]3CCC45OC4C(=O)CC[C@]5(C)[C@H]3C(=O)C[C@]12C. The van der Waals surface area contributed by atoms with Crippen molar-refractivity contribution in [3.05, 3.63) is 0 Å². The summed E-state index contributed by atoms with van der Waals surface area (Å²) in [5.74, 6) is 1.72. The predicted octanol–water partition coefficient (Wildman–Crippen LogP) is 3.11. The van der Waals surface area contributed by atoms with Crippen LogP contribution in [0, 0.1) is 34.5 Å². The van der Waals surface area contributed by atoms with Crippen molar-refractivity contribution < 1.29 is 19.1 Å². The molecule has 2 unspecified atom stereocenters. The fourth-order valence-electron chi connectivity index (χ4n) is 7.98. The highest BCUT2D eigenvalue weighted by Crippen LogP contribution is 2.71. The maximum absolute atomic E-state index is 13.4. The van der Waals surface area contributed by atoms with E-state index in [1.54, 1.807) is 6.92 Å². The van der Waals surface area contributed by atoms with Crippen LogP contribution in [0.25, 0.3) is 0 Å². The summed E-state index contributed by atoms with van der Waals surface area (Å²) in [6, 6.07) is 0. The molecule has 5 rings (SSSR count). The van der Waals surface area contributed by atoms with Gasteiger partial charge in [0.2, 0.25) is 0 Å². The number of epoxide rings is 1. The van der Waals surface area contributed by atoms with Crippen molar-refractivity contribution in [2.45, 2.75) is 77.4 Å². The summed E-state index contributed by atoms with van der Waals surface area (Å²) in [5, 5.41) is 0. The lowest BCUT2D eigenvalue weighted by molar-refractivity contribution is -0.160. The second-order valence-corrected chi connectivity index (χ2v) is 9.95. The van der Waals surface area contributed by atoms with E-state index in [0.717, 1.165) is 32.1 Å². The molecule has 4 saturated carbocycles. The van der Waals surface area contributed by atoms with Crippen LogP contribution in [0.4, 0.5) is 0 Å². The first kappa shape index (κ1) is 16.2. The average molecular weight is 344 g/mol. The van der Waals surface area contributed by atoms with Crippen LogP contribution in [0.15, 0.2) is 0 Å². The minimum Gasteiger partial charge on any atom is -0.357 e. The zero-order chi connectivity index (χ0) is 17.8. The summed E-state index contributed by atoms with van der Waals surface area (Å²) in [5.41, 5.74) is -0.702. The smallest absolute Gasteiger partial charge is 0.164 e. The molecule has 0 amide bonds. The number of hydrogen-bond acceptors (Lipinski definition) is 4. The Labute approximate surface area is 149 Å². The Morgan fingerprint density at radius 1 is 1.08 bits per heavy atom. The summed E-state index contributed by atoms with van der Waals surface area (Å²) in [6.45, 7) is 6.11. The van der Waals surface area contributed by atoms with Crippen LogP contribution in [0.3, 0.4) is 0 Å². The van der Waals surface area contributed by atoms with Crippen molar-refractivity contribution >= 4 is 17.3 Å². The zero-order valence-electron chi connectivity index (χ0n) is 15.5. The third kappa shape index (κ3) is 1.70. The molecule has 8 atom stereocenters. The minimum atomic E-state index is -0.356. The fourth-order valence-corrected chi connectivity index (χ4v) is 7.98. The normalized spacial score (nSPS) is 56.5. The van der Waals surface area contributed by atoms with E-state index in [4.69, 9.17) is 4.74 Å². The molecule has 5 fully saturated rings. The zero-order valence-corrected chi connectivity index (χ0v) is 15.5. The van der Waals surface area contributed by atoms with E-state index in [-0.39, 0.29) is 45.9 Å². The average Bonchev–Trinajstić information content (AvgIpc) is 3.18. The Balaban J connectivity index is 1.54. The standard InChI is InChI=1S/C21H28O4/c1-11(22)13-4-5-14-12-6-9-21-18(25-21)15(23)7-8-20(21,3)17(12)16(24)10-19(13,14)2/h12-14,17-18H,4-10H2,1-3H3/t12-,13+,14-,17+,18?,19+,20+,21?/m0/s1. The number of hydrogen-bond donors (Lipinski definition) is 0. The first-order valence-corrected chi connectivity index (χ1v) is 9.98. The first-order chi connectivity index (χ1) is 11.7. The lowest BCUT2D eigenvalue weighted by atomic mass is 9.44. The highest BCUT2D eigenvalue weighted by atomic mass is 16.6. The van der Waals surface area contributed by atoms with Crippen LogP contribution < -0.4 is 0 Å². The Morgan fingerprint density at radius 2 is 1.84 bits per heavy atom. The molecule has 0 aromatic heterocycles. The molecule has 25 heavy (non-hydrogen) atoms. The lowest BCUT2D eigenvalue weighted by Gasteiger charge is -2.58. The molecule has 1 saturated heterocycles. The first-order valence-electron chi connectivity index (χ1n) is 9.98. The van der Waals surface area contributed by atoms with E-state index in [2.05, 4.69) is 13.8 Å². The van der Waals surface area contributed by atoms with Gasteiger partial charge in [-0.3, -0.25) is 14.4 Å². The van der Waals surface area contributed by atoms with Crippen LogP contribution in [-0.4, -0.2) is 29.1 Å². The maximum atomic E-state index is 13.4. The van der Waals surface area contributed by atoms with Crippen molar-refractivity contribution in [2.75, 3.05) is 0 Å². The van der Waals surface area contributed by atoms with Gasteiger partial charge in [-0.25, -0.2) is 0 Å². The summed E-state index contributed by atoms with van der Waals surface area (Å²) in [7, 11) is 0. The van der Waals surface area contributed by atoms with E-state index in [9.17, 15) is 14.4 Å². The molecule has 1 heterocycles. The molecule has 5 aliphatic rings. The summed E-state index contributed by atoms with van der Waals surface area (Å²) < 4.78 is 6.02. The molecule has 0 N–H and O–H groups in total. The Hall–Kier alpha value is -1.03. The quantitative estimate of drug-likeness (QED) is 0.686. The Bertz CT molecular complexity index is 698. The summed E-state index contributed by atoms with van der Waals surface area (Å²) >= 11 is 0. The number of fused-ring (bicyclic) bond motifs is 4. The van der Waals surface area contributed by atoms with Gasteiger partial charge in [0.15, 0.2) is 5.78 Å². The third-order valence-corrected chi connectivity index (χ3v) is 9.13. The Morgan fingerprint density at radius 3 is 2.56 bits per heavy atom. The second kappa shape index (κ2) is 4.62. The van der Waals surface area contributed by atoms with Crippen LogP contribution in [0.1, 0.15) is 65.7 Å². The monoisotopic (exact) mass is 344 g/mol. The summed E-state index contributed by atoms with van der Waals surface area (Å²) in [4.78, 5) is 37.8. The lowest BCUT2D eigenvalue weighted by Crippen LogP contribution is -2.61. The summed E-state index contributed by atoms with van der Waals surface area (Å²) in [6.07, 6.45) is 5.52. The predicted molar refractivity (Wildman–Crippen MR) is 90.8 cm³/mol. The molecular weight excluding hydrogens is 316 g/mol. The topological polar surface area (TPSA) is 63.7 Å². The second-order valence-electron chi connectivity index (χ2n) is 9.95. The van der Waals surface area contributed by atoms with Gasteiger partial charge in [0.1, 0.15) is 23.3 Å². The van der Waals surface area contributed by atoms with E-state index < -0.39 is 0 Å². The van der Waals surface area contributed by atoms with Gasteiger partial charge in [0.25, 0.3) is 0 Å². The molecule has 1 aliphatic heterocycles. The van der Waals surface area contributed by atoms with E-state index in [1.807, 2.05) is 0 Å². The minimum absolute atomic E-state index is 0.0168. The number of ketones is 3. The van der Waals surface area contributed by atoms with Crippen molar-refractivity contribution in [2.24, 2.45) is 34.5 Å². The molecule has 0 radical (unpaired) electrons. The molecule has 4 heteroatoms. The molecule has 0 bridgehead atoms. The van der Waals surface area contributed by atoms with Crippen molar-refractivity contribution in [3.63, 3.8) is 0 Å². The number of rotatable bonds is 1. The van der Waals surface area contributed by atoms with Crippen molar-refractivity contribution in [3.8, 4) is 0 Å². The Kier molecular flexibility index (Phi) is 2.99. The van der Waals surface area contributed by atoms with E-state index in [1.165, 1.54) is 0 Å². The van der Waals surface area contributed by atoms with Crippen LogP contribution in [0.2, 0.25) is 0 Å². The van der Waals surface area contributed by atoms with Gasteiger partial charge >= 0.3 is 0 Å². The van der Waals surface area contributed by atoms with Gasteiger partial charge in [-0.2, -0.15) is 0 Å². The van der Waals surface area contributed by atoms with Crippen LogP contribution in [-0.2, 0) is 19.1 Å². The molecule has 1 spiro atoms. The molecule has 4 nitrogen and oxygen atoms in total. The molecule has 0 aromatic carbocycles. The fraction of sp³-hybridized carbons (Fsp3) is 0.857. The van der Waals surface area contributed by atoms with Gasteiger partial charge < -0.3 is 4.74 Å². The van der Waals surface area contributed by atoms with Crippen molar-refractivity contribution in [1.82, 2.24) is 0 Å². The maximum Gasteiger partial charge on any atom is 0.164 e.